The largest absolute Gasteiger partial charge is 0.385 e. The number of amides is 1. The van der Waals surface area contributed by atoms with Crippen LogP contribution in [0.1, 0.15) is 28.2 Å². The molecule has 0 unspecified atom stereocenters. The van der Waals surface area contributed by atoms with Gasteiger partial charge in [-0.2, -0.15) is 0 Å². The van der Waals surface area contributed by atoms with E-state index in [0.717, 1.165) is 23.4 Å². The molecule has 0 aliphatic carbocycles. The molecule has 1 heterocycles. The van der Waals surface area contributed by atoms with E-state index >= 15 is 0 Å². The fourth-order valence-electron chi connectivity index (χ4n) is 2.10. The van der Waals surface area contributed by atoms with Crippen molar-refractivity contribution in [2.45, 2.75) is 20.3 Å². The lowest BCUT2D eigenvalue weighted by Crippen LogP contribution is -2.26. The molecule has 6 nitrogen and oxygen atoms in total. The molecule has 0 aliphatic heterocycles. The van der Waals surface area contributed by atoms with Gasteiger partial charge in [0.15, 0.2) is 0 Å². The maximum atomic E-state index is 12.1. The number of carbonyl (C=O) groups is 1. The summed E-state index contributed by atoms with van der Waals surface area (Å²) >= 11 is 0. The Hall–Kier alpha value is -2.47. The third kappa shape index (κ3) is 5.34. The van der Waals surface area contributed by atoms with Gasteiger partial charge in [0.1, 0.15) is 5.69 Å². The first-order valence-electron chi connectivity index (χ1n) is 7.55. The topological polar surface area (TPSA) is 76.1 Å². The van der Waals surface area contributed by atoms with E-state index in [9.17, 15) is 4.79 Å². The molecule has 2 N–H and O–H groups in total. The van der Waals surface area contributed by atoms with Crippen LogP contribution in [-0.4, -0.2) is 36.1 Å². The smallest absolute Gasteiger partial charge is 0.270 e. The van der Waals surface area contributed by atoms with Gasteiger partial charge in [-0.15, -0.1) is 0 Å². The van der Waals surface area contributed by atoms with Gasteiger partial charge in [-0.25, -0.2) is 9.97 Å². The van der Waals surface area contributed by atoms with Crippen molar-refractivity contribution in [2.75, 3.05) is 25.6 Å². The Balaban J connectivity index is 2.07. The number of aryl methyl sites for hydroxylation is 2. The zero-order valence-electron chi connectivity index (χ0n) is 13.7. The molecule has 0 atom stereocenters. The zero-order chi connectivity index (χ0) is 16.7. The van der Waals surface area contributed by atoms with Crippen LogP contribution in [0.4, 0.5) is 11.6 Å². The number of rotatable bonds is 7. The molecule has 1 amide bonds. The van der Waals surface area contributed by atoms with E-state index in [1.807, 2.05) is 38.1 Å². The molecule has 0 spiro atoms. The second-order valence-corrected chi connectivity index (χ2v) is 5.31. The number of aromatic nitrogens is 2. The van der Waals surface area contributed by atoms with Crippen LogP contribution >= 0.6 is 0 Å². The molecule has 23 heavy (non-hydrogen) atoms. The number of anilines is 2. The molecule has 0 radical (unpaired) electrons. The molecule has 2 rings (SSSR count). The van der Waals surface area contributed by atoms with Crippen molar-refractivity contribution in [3.8, 4) is 0 Å². The third-order valence-corrected chi connectivity index (χ3v) is 3.17. The van der Waals surface area contributed by atoms with E-state index in [1.54, 1.807) is 13.2 Å². The Kier molecular flexibility index (Phi) is 6.05. The minimum atomic E-state index is -0.209. The lowest BCUT2D eigenvalue weighted by Gasteiger charge is -2.09. The summed E-state index contributed by atoms with van der Waals surface area (Å²) < 4.78 is 4.96. The molecule has 0 bridgehead atoms. The van der Waals surface area contributed by atoms with Gasteiger partial charge in [0.05, 0.1) is 0 Å². The first-order valence-corrected chi connectivity index (χ1v) is 7.55. The SMILES string of the molecule is COCCCNC(=O)c1cc(C)nc(Nc2cccc(C)c2)n1. The van der Waals surface area contributed by atoms with Crippen molar-refractivity contribution in [2.24, 2.45) is 0 Å². The van der Waals surface area contributed by atoms with Crippen LogP contribution in [0.15, 0.2) is 30.3 Å². The molecule has 1 aromatic heterocycles. The summed E-state index contributed by atoms with van der Waals surface area (Å²) in [4.78, 5) is 20.8. The predicted octanol–water partition coefficient (Wildman–Crippen LogP) is 2.60. The molecule has 0 fully saturated rings. The van der Waals surface area contributed by atoms with Crippen LogP contribution in [0.3, 0.4) is 0 Å². The van der Waals surface area contributed by atoms with Crippen molar-refractivity contribution in [1.82, 2.24) is 15.3 Å². The minimum absolute atomic E-state index is 0.209. The second kappa shape index (κ2) is 8.24. The maximum absolute atomic E-state index is 12.1. The second-order valence-electron chi connectivity index (χ2n) is 5.31. The third-order valence-electron chi connectivity index (χ3n) is 3.17. The Labute approximate surface area is 136 Å². The van der Waals surface area contributed by atoms with Crippen molar-refractivity contribution in [3.63, 3.8) is 0 Å². The lowest BCUT2D eigenvalue weighted by atomic mass is 10.2. The number of methoxy groups -OCH3 is 1. The van der Waals surface area contributed by atoms with Crippen LogP contribution in [0.5, 0.6) is 0 Å². The highest BCUT2D eigenvalue weighted by Crippen LogP contribution is 2.15. The van der Waals surface area contributed by atoms with Gasteiger partial charge in [0.2, 0.25) is 5.95 Å². The van der Waals surface area contributed by atoms with E-state index in [4.69, 9.17) is 4.74 Å². The Morgan fingerprint density at radius 3 is 2.78 bits per heavy atom. The van der Waals surface area contributed by atoms with E-state index in [0.29, 0.717) is 24.8 Å². The fraction of sp³-hybridized carbons (Fsp3) is 0.353. The number of hydrogen-bond donors (Lipinski definition) is 2. The molecule has 6 heteroatoms. The summed E-state index contributed by atoms with van der Waals surface area (Å²) in [5, 5.41) is 5.96. The molecule has 0 saturated heterocycles. The monoisotopic (exact) mass is 314 g/mol. The van der Waals surface area contributed by atoms with E-state index in [-0.39, 0.29) is 5.91 Å². The molecule has 2 aromatic rings. The van der Waals surface area contributed by atoms with Gasteiger partial charge in [0, 0.05) is 31.6 Å². The average molecular weight is 314 g/mol. The van der Waals surface area contributed by atoms with Crippen LogP contribution in [0.2, 0.25) is 0 Å². The summed E-state index contributed by atoms with van der Waals surface area (Å²) in [7, 11) is 1.64. The number of nitrogens with one attached hydrogen (secondary N) is 2. The highest BCUT2D eigenvalue weighted by molar-refractivity contribution is 5.92. The van der Waals surface area contributed by atoms with Crippen LogP contribution in [0.25, 0.3) is 0 Å². The van der Waals surface area contributed by atoms with Gasteiger partial charge in [0.25, 0.3) is 5.91 Å². The Morgan fingerprint density at radius 1 is 1.22 bits per heavy atom. The molecule has 122 valence electrons. The predicted molar refractivity (Wildman–Crippen MR) is 90.1 cm³/mol. The van der Waals surface area contributed by atoms with E-state index in [1.165, 1.54) is 0 Å². The lowest BCUT2D eigenvalue weighted by molar-refractivity contribution is 0.0943. The van der Waals surface area contributed by atoms with Gasteiger partial charge in [-0.05, 0) is 44.0 Å². The fourth-order valence-corrected chi connectivity index (χ4v) is 2.10. The Bertz CT molecular complexity index is 673. The summed E-state index contributed by atoms with van der Waals surface area (Å²) in [6.07, 6.45) is 0.765. The van der Waals surface area contributed by atoms with Gasteiger partial charge < -0.3 is 15.4 Å². The van der Waals surface area contributed by atoms with Crippen molar-refractivity contribution in [3.05, 3.63) is 47.3 Å². The number of carbonyl (C=O) groups excluding carboxylic acids is 1. The average Bonchev–Trinajstić information content (AvgIpc) is 2.51. The van der Waals surface area contributed by atoms with Crippen molar-refractivity contribution in [1.29, 1.82) is 0 Å². The number of ether oxygens (including phenoxy) is 1. The summed E-state index contributed by atoms with van der Waals surface area (Å²) in [6, 6.07) is 9.57. The standard InChI is InChI=1S/C17H22N4O2/c1-12-6-4-7-14(10-12)20-17-19-13(2)11-15(21-17)16(22)18-8-5-9-23-3/h4,6-7,10-11H,5,8-9H2,1-3H3,(H,18,22)(H,19,20,21). The normalized spacial score (nSPS) is 10.4. The summed E-state index contributed by atoms with van der Waals surface area (Å²) in [6.45, 7) is 5.02. The highest BCUT2D eigenvalue weighted by Gasteiger charge is 2.10. The first kappa shape index (κ1) is 16.9. The van der Waals surface area contributed by atoms with Gasteiger partial charge in [-0.3, -0.25) is 4.79 Å². The van der Waals surface area contributed by atoms with Gasteiger partial charge >= 0.3 is 0 Å². The zero-order valence-corrected chi connectivity index (χ0v) is 13.7. The molecule has 0 aliphatic rings. The summed E-state index contributed by atoms with van der Waals surface area (Å²) in [5.41, 5.74) is 3.11. The number of nitrogens with zero attached hydrogens (tertiary/aromatic N) is 2. The van der Waals surface area contributed by atoms with Crippen molar-refractivity contribution < 1.29 is 9.53 Å². The number of hydrogen-bond acceptors (Lipinski definition) is 5. The maximum Gasteiger partial charge on any atom is 0.270 e. The highest BCUT2D eigenvalue weighted by atomic mass is 16.5. The quantitative estimate of drug-likeness (QED) is 0.768. The summed E-state index contributed by atoms with van der Waals surface area (Å²) in [5.74, 6) is 0.205. The van der Waals surface area contributed by atoms with Crippen molar-refractivity contribution >= 4 is 17.5 Å². The van der Waals surface area contributed by atoms with Crippen LogP contribution < -0.4 is 10.6 Å². The minimum Gasteiger partial charge on any atom is -0.385 e. The van der Waals surface area contributed by atoms with Crippen LogP contribution in [0, 0.1) is 13.8 Å². The van der Waals surface area contributed by atoms with Crippen LogP contribution in [-0.2, 0) is 4.74 Å². The molecule has 1 aromatic carbocycles. The Morgan fingerprint density at radius 2 is 2.04 bits per heavy atom. The van der Waals surface area contributed by atoms with Gasteiger partial charge in [-0.1, -0.05) is 12.1 Å². The van der Waals surface area contributed by atoms with E-state index in [2.05, 4.69) is 20.6 Å². The number of benzene rings is 1. The van der Waals surface area contributed by atoms with E-state index < -0.39 is 0 Å². The molecular formula is C17H22N4O2. The molecule has 0 saturated carbocycles. The first-order chi connectivity index (χ1) is 11.1. The molecular weight excluding hydrogens is 292 g/mol.